The fourth-order valence-electron chi connectivity index (χ4n) is 2.08. The molecule has 0 saturated heterocycles. The minimum absolute atomic E-state index is 0.423. The lowest BCUT2D eigenvalue weighted by molar-refractivity contribution is 0.529. The Morgan fingerprint density at radius 1 is 1.62 bits per heavy atom. The largest absolute Gasteiger partial charge is 0.363 e. The van der Waals surface area contributed by atoms with Crippen LogP contribution in [0, 0.1) is 0 Å². The predicted octanol–water partition coefficient (Wildman–Crippen LogP) is 3.00. The van der Waals surface area contributed by atoms with Gasteiger partial charge in [-0.3, -0.25) is 0 Å². The summed E-state index contributed by atoms with van der Waals surface area (Å²) in [6, 6.07) is 2.66. The maximum absolute atomic E-state index is 5.28. The summed E-state index contributed by atoms with van der Waals surface area (Å²) in [6.45, 7) is 3.10. The molecule has 0 aromatic carbocycles. The normalized spacial score (nSPS) is 18.9. The SMILES string of the molecule is CCCNC(=S)NC1CCCc2sccc21. The molecule has 88 valence electrons. The van der Waals surface area contributed by atoms with Crippen molar-refractivity contribution in [2.24, 2.45) is 0 Å². The van der Waals surface area contributed by atoms with Crippen molar-refractivity contribution >= 4 is 28.7 Å². The summed E-state index contributed by atoms with van der Waals surface area (Å²) < 4.78 is 0. The van der Waals surface area contributed by atoms with E-state index in [9.17, 15) is 0 Å². The quantitative estimate of drug-likeness (QED) is 0.811. The highest BCUT2D eigenvalue weighted by Gasteiger charge is 2.21. The lowest BCUT2D eigenvalue weighted by Crippen LogP contribution is -2.38. The molecule has 4 heteroatoms. The summed E-state index contributed by atoms with van der Waals surface area (Å²) in [7, 11) is 0. The van der Waals surface area contributed by atoms with Gasteiger partial charge in [-0.25, -0.2) is 0 Å². The summed E-state index contributed by atoms with van der Waals surface area (Å²) in [4.78, 5) is 1.53. The van der Waals surface area contributed by atoms with Crippen LogP contribution in [0.15, 0.2) is 11.4 Å². The standard InChI is InChI=1S/C12H18N2S2/c1-2-7-13-12(15)14-10-4-3-5-11-9(10)6-8-16-11/h6,8,10H,2-5,7H2,1H3,(H2,13,14,15). The number of rotatable bonds is 3. The summed E-state index contributed by atoms with van der Waals surface area (Å²) in [5.74, 6) is 0. The number of nitrogens with one attached hydrogen (secondary N) is 2. The molecule has 16 heavy (non-hydrogen) atoms. The number of thiophene rings is 1. The molecule has 1 atom stereocenters. The van der Waals surface area contributed by atoms with E-state index in [1.807, 2.05) is 11.3 Å². The number of hydrogen-bond acceptors (Lipinski definition) is 2. The highest BCUT2D eigenvalue weighted by molar-refractivity contribution is 7.80. The van der Waals surface area contributed by atoms with Crippen molar-refractivity contribution in [1.82, 2.24) is 10.6 Å². The van der Waals surface area contributed by atoms with Crippen LogP contribution in [0.2, 0.25) is 0 Å². The topological polar surface area (TPSA) is 24.1 Å². The molecule has 0 aliphatic heterocycles. The molecule has 1 aromatic rings. The van der Waals surface area contributed by atoms with E-state index in [2.05, 4.69) is 29.0 Å². The van der Waals surface area contributed by atoms with Gasteiger partial charge in [-0.2, -0.15) is 0 Å². The Morgan fingerprint density at radius 3 is 3.31 bits per heavy atom. The Balaban J connectivity index is 1.94. The average Bonchev–Trinajstić information content (AvgIpc) is 2.75. The molecule has 0 bridgehead atoms. The van der Waals surface area contributed by atoms with Gasteiger partial charge in [0.25, 0.3) is 0 Å². The molecule has 1 heterocycles. The zero-order valence-electron chi connectivity index (χ0n) is 9.58. The summed E-state index contributed by atoms with van der Waals surface area (Å²) >= 11 is 7.15. The fraction of sp³-hybridized carbons (Fsp3) is 0.583. The molecular formula is C12H18N2S2. The van der Waals surface area contributed by atoms with E-state index < -0.39 is 0 Å². The lowest BCUT2D eigenvalue weighted by Gasteiger charge is -2.25. The zero-order valence-corrected chi connectivity index (χ0v) is 11.2. The predicted molar refractivity (Wildman–Crippen MR) is 74.0 cm³/mol. The number of aryl methyl sites for hydroxylation is 1. The van der Waals surface area contributed by atoms with Crippen molar-refractivity contribution in [2.45, 2.75) is 38.6 Å². The van der Waals surface area contributed by atoms with Crippen LogP contribution in [0.4, 0.5) is 0 Å². The van der Waals surface area contributed by atoms with Gasteiger partial charge in [0.1, 0.15) is 0 Å². The summed E-state index contributed by atoms with van der Waals surface area (Å²) in [5, 5.41) is 9.63. The van der Waals surface area contributed by atoms with Crippen molar-refractivity contribution in [3.05, 3.63) is 21.9 Å². The van der Waals surface area contributed by atoms with Crippen LogP contribution in [0.5, 0.6) is 0 Å². The first-order valence-corrected chi connectivity index (χ1v) is 7.20. The first-order chi connectivity index (χ1) is 7.81. The van der Waals surface area contributed by atoms with Gasteiger partial charge in [-0.15, -0.1) is 11.3 Å². The van der Waals surface area contributed by atoms with E-state index in [0.717, 1.165) is 18.1 Å². The van der Waals surface area contributed by atoms with E-state index in [0.29, 0.717) is 6.04 Å². The van der Waals surface area contributed by atoms with Gasteiger partial charge in [-0.1, -0.05) is 6.92 Å². The maximum Gasteiger partial charge on any atom is 0.166 e. The number of thiocarbonyl (C=S) groups is 1. The lowest BCUT2D eigenvalue weighted by atomic mass is 9.94. The number of fused-ring (bicyclic) bond motifs is 1. The maximum atomic E-state index is 5.28. The smallest absolute Gasteiger partial charge is 0.166 e. The van der Waals surface area contributed by atoms with Crippen molar-refractivity contribution in [1.29, 1.82) is 0 Å². The molecule has 2 nitrogen and oxygen atoms in total. The summed E-state index contributed by atoms with van der Waals surface area (Å²) in [6.07, 6.45) is 4.80. The molecule has 2 N–H and O–H groups in total. The molecule has 0 radical (unpaired) electrons. The van der Waals surface area contributed by atoms with Gasteiger partial charge in [0, 0.05) is 11.4 Å². The van der Waals surface area contributed by atoms with Gasteiger partial charge >= 0.3 is 0 Å². The molecule has 0 amide bonds. The Hall–Kier alpha value is -0.610. The molecule has 1 unspecified atom stereocenters. The fourth-order valence-corrected chi connectivity index (χ4v) is 3.32. The highest BCUT2D eigenvalue weighted by atomic mass is 32.1. The van der Waals surface area contributed by atoms with Crippen LogP contribution in [0.1, 0.15) is 42.7 Å². The van der Waals surface area contributed by atoms with E-state index in [-0.39, 0.29) is 0 Å². The molecule has 2 rings (SSSR count). The average molecular weight is 254 g/mol. The second-order valence-electron chi connectivity index (χ2n) is 4.14. The van der Waals surface area contributed by atoms with Gasteiger partial charge in [-0.05, 0) is 54.9 Å². The molecule has 1 aliphatic carbocycles. The number of hydrogen-bond donors (Lipinski definition) is 2. The van der Waals surface area contributed by atoms with Crippen molar-refractivity contribution in [2.75, 3.05) is 6.54 Å². The Morgan fingerprint density at radius 2 is 2.50 bits per heavy atom. The Labute approximate surface area is 106 Å². The zero-order chi connectivity index (χ0) is 11.4. The minimum atomic E-state index is 0.423. The van der Waals surface area contributed by atoms with E-state index in [1.165, 1.54) is 29.7 Å². The van der Waals surface area contributed by atoms with Crippen LogP contribution in [0.25, 0.3) is 0 Å². The van der Waals surface area contributed by atoms with Crippen molar-refractivity contribution in [3.8, 4) is 0 Å². The third-order valence-corrected chi connectivity index (χ3v) is 4.15. The second kappa shape index (κ2) is 5.64. The van der Waals surface area contributed by atoms with E-state index >= 15 is 0 Å². The van der Waals surface area contributed by atoms with Crippen molar-refractivity contribution < 1.29 is 0 Å². The second-order valence-corrected chi connectivity index (χ2v) is 5.55. The van der Waals surface area contributed by atoms with Crippen LogP contribution in [-0.2, 0) is 6.42 Å². The van der Waals surface area contributed by atoms with Crippen LogP contribution in [-0.4, -0.2) is 11.7 Å². The highest BCUT2D eigenvalue weighted by Crippen LogP contribution is 2.33. The third kappa shape index (κ3) is 2.74. The first-order valence-electron chi connectivity index (χ1n) is 5.92. The third-order valence-electron chi connectivity index (χ3n) is 2.89. The molecule has 0 fully saturated rings. The van der Waals surface area contributed by atoms with Crippen LogP contribution >= 0.6 is 23.6 Å². The molecule has 0 spiro atoms. The van der Waals surface area contributed by atoms with E-state index in [4.69, 9.17) is 12.2 Å². The molecule has 0 saturated carbocycles. The van der Waals surface area contributed by atoms with Crippen LogP contribution in [0.3, 0.4) is 0 Å². The molecular weight excluding hydrogens is 236 g/mol. The van der Waals surface area contributed by atoms with Gasteiger partial charge < -0.3 is 10.6 Å². The van der Waals surface area contributed by atoms with Gasteiger partial charge in [0.05, 0.1) is 6.04 Å². The minimum Gasteiger partial charge on any atom is -0.363 e. The van der Waals surface area contributed by atoms with Gasteiger partial charge in [0.2, 0.25) is 0 Å². The van der Waals surface area contributed by atoms with Crippen LogP contribution < -0.4 is 10.6 Å². The van der Waals surface area contributed by atoms with E-state index in [1.54, 1.807) is 0 Å². The Bertz CT molecular complexity index is 360. The monoisotopic (exact) mass is 254 g/mol. The summed E-state index contributed by atoms with van der Waals surface area (Å²) in [5.41, 5.74) is 1.46. The van der Waals surface area contributed by atoms with Gasteiger partial charge in [0.15, 0.2) is 5.11 Å². The molecule has 1 aromatic heterocycles. The molecule has 1 aliphatic rings. The Kier molecular flexibility index (Phi) is 4.18. The van der Waals surface area contributed by atoms with Crippen molar-refractivity contribution in [3.63, 3.8) is 0 Å². The first kappa shape index (κ1) is 11.9.